The van der Waals surface area contributed by atoms with Gasteiger partial charge in [0.05, 0.1) is 12.8 Å². The minimum absolute atomic E-state index is 0.00804. The molecule has 0 saturated carbocycles. The number of aromatic nitrogens is 2. The Balaban J connectivity index is 1.56. The van der Waals surface area contributed by atoms with Crippen LogP contribution in [-0.2, 0) is 28.8 Å². The summed E-state index contributed by atoms with van der Waals surface area (Å²) in [6.45, 7) is 0. The number of esters is 1. The summed E-state index contributed by atoms with van der Waals surface area (Å²) in [5.41, 5.74) is 2.83. The minimum Gasteiger partial charge on any atom is -0.508 e. The number of amides is 1. The number of methoxy groups -OCH3 is 1. The minimum atomic E-state index is -1.06. The topological polar surface area (TPSA) is 93.4 Å². The van der Waals surface area contributed by atoms with E-state index in [1.54, 1.807) is 24.3 Å². The summed E-state index contributed by atoms with van der Waals surface area (Å²) in [5, 5.41) is 16.9. The number of benzene rings is 3. The number of aromatic hydroxyl groups is 1. The number of fused-ring (bicyclic) bond motifs is 1. The molecule has 42 heavy (non-hydrogen) atoms. The van der Waals surface area contributed by atoms with Crippen LogP contribution in [0.4, 0.5) is 13.2 Å². The fraction of sp³-hybridized carbons (Fsp3) is 0.281. The van der Waals surface area contributed by atoms with Gasteiger partial charge in [0.15, 0.2) is 11.5 Å². The maximum absolute atomic E-state index is 15.1. The standard InChI is InChI=1S/C32H30F3N3O4/c1-42-32(41)27(17-20-8-13-24(39)14-9-20)36-31(40)29-25-5-3-2-4-21(16-19-6-10-22(33)11-7-19)30(25)38(37-29)28-15-12-23(34)18-26(28)35/h6-15,18,21,27,39H,2-5,16-17H2,1H3,(H,36,40)/t21?,27-/m0/s1. The molecule has 0 aliphatic heterocycles. The molecule has 5 rings (SSSR count). The van der Waals surface area contributed by atoms with Crippen LogP contribution in [0.5, 0.6) is 5.75 Å². The first-order valence-electron chi connectivity index (χ1n) is 13.7. The number of phenolic OH excluding ortho intramolecular Hbond substituents is 1. The molecule has 1 aromatic heterocycles. The predicted octanol–water partition coefficient (Wildman–Crippen LogP) is 5.56. The third-order valence-electron chi connectivity index (χ3n) is 7.55. The van der Waals surface area contributed by atoms with Crippen LogP contribution in [0.3, 0.4) is 0 Å². The highest BCUT2D eigenvalue weighted by Gasteiger charge is 2.33. The molecule has 1 heterocycles. The summed E-state index contributed by atoms with van der Waals surface area (Å²) in [5.74, 6) is -3.37. The van der Waals surface area contributed by atoms with E-state index in [-0.39, 0.29) is 35.3 Å². The van der Waals surface area contributed by atoms with Crippen molar-refractivity contribution in [2.45, 2.75) is 50.5 Å². The maximum atomic E-state index is 15.1. The van der Waals surface area contributed by atoms with Gasteiger partial charge >= 0.3 is 5.97 Å². The summed E-state index contributed by atoms with van der Waals surface area (Å²) < 4.78 is 48.8. The first-order chi connectivity index (χ1) is 20.2. The van der Waals surface area contributed by atoms with E-state index in [0.29, 0.717) is 36.1 Å². The number of hydrogen-bond acceptors (Lipinski definition) is 5. The summed E-state index contributed by atoms with van der Waals surface area (Å²) in [4.78, 5) is 26.4. The molecule has 7 nitrogen and oxygen atoms in total. The number of ether oxygens (including phenoxy) is 1. The van der Waals surface area contributed by atoms with E-state index < -0.39 is 29.6 Å². The van der Waals surface area contributed by atoms with Crippen molar-refractivity contribution in [3.8, 4) is 11.4 Å². The number of phenols is 1. The van der Waals surface area contributed by atoms with Crippen molar-refractivity contribution in [1.82, 2.24) is 15.1 Å². The third-order valence-corrected chi connectivity index (χ3v) is 7.55. The van der Waals surface area contributed by atoms with Gasteiger partial charge in [0.25, 0.3) is 5.91 Å². The van der Waals surface area contributed by atoms with Gasteiger partial charge in [0.1, 0.15) is 29.1 Å². The van der Waals surface area contributed by atoms with Crippen molar-refractivity contribution >= 4 is 11.9 Å². The van der Waals surface area contributed by atoms with Gasteiger partial charge in [-0.05, 0) is 73.2 Å². The van der Waals surface area contributed by atoms with Gasteiger partial charge in [0, 0.05) is 24.0 Å². The Bertz CT molecular complexity index is 1590. The largest absolute Gasteiger partial charge is 0.508 e. The van der Waals surface area contributed by atoms with Gasteiger partial charge < -0.3 is 15.2 Å². The number of nitrogens with zero attached hydrogens (tertiary/aromatic N) is 2. The Morgan fingerprint density at radius 2 is 1.69 bits per heavy atom. The summed E-state index contributed by atoms with van der Waals surface area (Å²) in [7, 11) is 1.22. The predicted molar refractivity (Wildman–Crippen MR) is 149 cm³/mol. The molecule has 0 saturated heterocycles. The van der Waals surface area contributed by atoms with Gasteiger partial charge in [-0.15, -0.1) is 0 Å². The highest BCUT2D eigenvalue weighted by molar-refractivity contribution is 5.97. The zero-order chi connectivity index (χ0) is 29.8. The number of carbonyl (C=O) groups is 2. The van der Waals surface area contributed by atoms with E-state index in [9.17, 15) is 23.5 Å². The molecule has 4 aromatic rings. The Morgan fingerprint density at radius 3 is 2.38 bits per heavy atom. The summed E-state index contributed by atoms with van der Waals surface area (Å²) >= 11 is 0. The molecule has 0 bridgehead atoms. The molecule has 1 amide bonds. The van der Waals surface area contributed by atoms with Gasteiger partial charge in [-0.2, -0.15) is 5.10 Å². The zero-order valence-electron chi connectivity index (χ0n) is 22.9. The molecule has 3 aromatic carbocycles. The first-order valence-corrected chi connectivity index (χ1v) is 13.7. The fourth-order valence-electron chi connectivity index (χ4n) is 5.51. The normalized spacial score (nSPS) is 15.4. The second-order valence-electron chi connectivity index (χ2n) is 10.4. The Morgan fingerprint density at radius 1 is 1.00 bits per heavy atom. The first kappa shape index (κ1) is 28.9. The van der Waals surface area contributed by atoms with Crippen LogP contribution < -0.4 is 5.32 Å². The third kappa shape index (κ3) is 6.32. The van der Waals surface area contributed by atoms with E-state index in [1.165, 1.54) is 42.1 Å². The number of rotatable bonds is 8. The smallest absolute Gasteiger partial charge is 0.328 e. The highest BCUT2D eigenvalue weighted by Crippen LogP contribution is 2.37. The quantitative estimate of drug-likeness (QED) is 0.211. The Hall–Kier alpha value is -4.60. The molecular formula is C32H30F3N3O4. The van der Waals surface area contributed by atoms with E-state index in [0.717, 1.165) is 30.5 Å². The lowest BCUT2D eigenvalue weighted by molar-refractivity contribution is -0.142. The number of hydrogen-bond donors (Lipinski definition) is 2. The van der Waals surface area contributed by atoms with Crippen LogP contribution in [0, 0.1) is 17.5 Å². The van der Waals surface area contributed by atoms with Crippen molar-refractivity contribution in [3.63, 3.8) is 0 Å². The summed E-state index contributed by atoms with van der Waals surface area (Å²) in [6.07, 6.45) is 3.38. The molecule has 10 heteroatoms. The van der Waals surface area contributed by atoms with Crippen molar-refractivity contribution in [2.24, 2.45) is 0 Å². The zero-order valence-corrected chi connectivity index (χ0v) is 22.9. The van der Waals surface area contributed by atoms with E-state index >= 15 is 4.39 Å². The van der Waals surface area contributed by atoms with E-state index in [4.69, 9.17) is 4.74 Å². The molecular weight excluding hydrogens is 547 g/mol. The average molecular weight is 578 g/mol. The van der Waals surface area contributed by atoms with Crippen molar-refractivity contribution in [2.75, 3.05) is 7.11 Å². The highest BCUT2D eigenvalue weighted by atomic mass is 19.1. The number of carbonyl (C=O) groups excluding carboxylic acids is 2. The molecule has 2 atom stereocenters. The van der Waals surface area contributed by atoms with E-state index in [1.807, 2.05) is 0 Å². The molecule has 1 aliphatic carbocycles. The van der Waals surface area contributed by atoms with Crippen molar-refractivity contribution in [1.29, 1.82) is 0 Å². The lowest BCUT2D eigenvalue weighted by Gasteiger charge is -2.19. The van der Waals surface area contributed by atoms with Gasteiger partial charge in [-0.1, -0.05) is 30.7 Å². The van der Waals surface area contributed by atoms with Gasteiger partial charge in [0.2, 0.25) is 0 Å². The van der Waals surface area contributed by atoms with Gasteiger partial charge in [-0.25, -0.2) is 22.6 Å². The SMILES string of the molecule is COC(=O)[C@H](Cc1ccc(O)cc1)NC(=O)c1nn(-c2ccc(F)cc2F)c2c1CCCCC2Cc1ccc(F)cc1. The molecule has 1 unspecified atom stereocenters. The maximum Gasteiger partial charge on any atom is 0.328 e. The van der Waals surface area contributed by atoms with E-state index in [2.05, 4.69) is 10.4 Å². The fourth-order valence-corrected chi connectivity index (χ4v) is 5.51. The van der Waals surface area contributed by atoms with Crippen LogP contribution >= 0.6 is 0 Å². The van der Waals surface area contributed by atoms with Crippen LogP contribution in [-0.4, -0.2) is 39.9 Å². The molecule has 0 radical (unpaired) electrons. The van der Waals surface area contributed by atoms with Crippen LogP contribution in [0.2, 0.25) is 0 Å². The lowest BCUT2D eigenvalue weighted by atomic mass is 9.90. The number of halogens is 3. The van der Waals surface area contributed by atoms with Gasteiger partial charge in [-0.3, -0.25) is 4.79 Å². The molecule has 2 N–H and O–H groups in total. The lowest BCUT2D eigenvalue weighted by Crippen LogP contribution is -2.43. The van der Waals surface area contributed by atoms with Crippen LogP contribution in [0.25, 0.3) is 5.69 Å². The molecule has 218 valence electrons. The Labute approximate surface area is 240 Å². The number of nitrogens with one attached hydrogen (secondary N) is 1. The summed E-state index contributed by atoms with van der Waals surface area (Å²) in [6, 6.07) is 14.5. The molecule has 0 fully saturated rings. The Kier molecular flexibility index (Phi) is 8.61. The second kappa shape index (κ2) is 12.5. The average Bonchev–Trinajstić information content (AvgIpc) is 3.22. The van der Waals surface area contributed by atoms with Crippen LogP contribution in [0.1, 0.15) is 58.1 Å². The second-order valence-corrected chi connectivity index (χ2v) is 10.4. The monoisotopic (exact) mass is 577 g/mol. The van der Waals surface area contributed by atoms with Crippen molar-refractivity contribution in [3.05, 3.63) is 112 Å². The molecule has 0 spiro atoms. The van der Waals surface area contributed by atoms with Crippen LogP contribution in [0.15, 0.2) is 66.7 Å². The van der Waals surface area contributed by atoms with Crippen molar-refractivity contribution < 1.29 is 32.6 Å². The molecule has 1 aliphatic rings.